The number of β-amino-alcohol motifs (C(OH)–C–C–N with tert-alkyl or cyclic N) is 1. The van der Waals surface area contributed by atoms with Crippen LogP contribution in [-0.2, 0) is 0 Å². The van der Waals surface area contributed by atoms with Crippen molar-refractivity contribution in [2.24, 2.45) is 0 Å². The summed E-state index contributed by atoms with van der Waals surface area (Å²) >= 11 is 0. The van der Waals surface area contributed by atoms with Crippen molar-refractivity contribution in [2.75, 3.05) is 18.4 Å². The second kappa shape index (κ2) is 6.71. The zero-order valence-electron chi connectivity index (χ0n) is 11.7. The predicted molar refractivity (Wildman–Crippen MR) is 73.6 cm³/mol. The first-order valence-corrected chi connectivity index (χ1v) is 6.76. The Kier molecular flexibility index (Phi) is 4.95. The number of benzene rings is 1. The summed E-state index contributed by atoms with van der Waals surface area (Å²) in [4.78, 5) is 13.6. The van der Waals surface area contributed by atoms with Crippen LogP contribution in [0.4, 0.5) is 19.3 Å². The number of carbonyl (C=O) groups excluding carboxylic acids is 1. The van der Waals surface area contributed by atoms with Crippen LogP contribution in [0.5, 0.6) is 5.75 Å². The van der Waals surface area contributed by atoms with Gasteiger partial charge in [0, 0.05) is 24.3 Å². The molecule has 0 spiro atoms. The van der Waals surface area contributed by atoms with Crippen molar-refractivity contribution in [1.29, 1.82) is 0 Å². The number of aliphatic hydroxyl groups is 1. The molecule has 2 N–H and O–H groups in total. The molecule has 0 aromatic heterocycles. The van der Waals surface area contributed by atoms with Crippen LogP contribution in [0.15, 0.2) is 18.2 Å². The summed E-state index contributed by atoms with van der Waals surface area (Å²) in [6.45, 7) is -0.474. The van der Waals surface area contributed by atoms with Crippen LogP contribution in [0.1, 0.15) is 18.4 Å². The highest BCUT2D eigenvalue weighted by atomic mass is 19.3. The van der Waals surface area contributed by atoms with E-state index in [4.69, 9.17) is 0 Å². The third-order valence-corrected chi connectivity index (χ3v) is 3.43. The van der Waals surface area contributed by atoms with E-state index in [2.05, 4.69) is 10.1 Å². The Hall–Kier alpha value is -1.89. The Bertz CT molecular complexity index is 511. The fraction of sp³-hybridized carbons (Fsp3) is 0.500. The summed E-state index contributed by atoms with van der Waals surface area (Å²) in [5.41, 5.74) is 0.849. The Morgan fingerprint density at radius 3 is 2.95 bits per heavy atom. The molecular weight excluding hydrogens is 282 g/mol. The van der Waals surface area contributed by atoms with Crippen LogP contribution in [0.3, 0.4) is 0 Å². The molecule has 1 fully saturated rings. The van der Waals surface area contributed by atoms with Gasteiger partial charge >= 0.3 is 12.6 Å². The lowest BCUT2D eigenvalue weighted by atomic mass is 10.1. The molecule has 1 heterocycles. The number of rotatable bonds is 3. The molecule has 2 rings (SSSR count). The molecule has 116 valence electrons. The first-order valence-electron chi connectivity index (χ1n) is 6.76. The van der Waals surface area contributed by atoms with E-state index in [9.17, 15) is 18.7 Å². The standard InChI is InChI=1S/C14H18F2N2O3/c1-9-11(5-2-6-12(9)21-13(15)16)17-14(20)18-7-3-4-10(19)8-18/h2,5-6,10,13,19H,3-4,7-8H2,1H3,(H,17,20)/t10-/m1/s1. The van der Waals surface area contributed by atoms with Crippen molar-refractivity contribution < 1.29 is 23.4 Å². The molecule has 1 aliphatic rings. The van der Waals surface area contributed by atoms with Crippen molar-refractivity contribution in [3.63, 3.8) is 0 Å². The van der Waals surface area contributed by atoms with Gasteiger partial charge in [-0.15, -0.1) is 0 Å². The predicted octanol–water partition coefficient (Wildman–Crippen LogP) is 2.59. The number of anilines is 1. The van der Waals surface area contributed by atoms with E-state index in [1.165, 1.54) is 17.0 Å². The van der Waals surface area contributed by atoms with E-state index < -0.39 is 12.7 Å². The minimum absolute atomic E-state index is 0.0291. The van der Waals surface area contributed by atoms with Crippen molar-refractivity contribution in [3.8, 4) is 5.75 Å². The summed E-state index contributed by atoms with van der Waals surface area (Å²) in [6, 6.07) is 4.21. The van der Waals surface area contributed by atoms with E-state index >= 15 is 0 Å². The molecule has 2 amide bonds. The summed E-state index contributed by atoms with van der Waals surface area (Å²) in [7, 11) is 0. The minimum Gasteiger partial charge on any atom is -0.434 e. The molecule has 0 aliphatic carbocycles. The molecule has 21 heavy (non-hydrogen) atoms. The summed E-state index contributed by atoms with van der Waals surface area (Å²) in [5.74, 6) is 0.0291. The topological polar surface area (TPSA) is 61.8 Å². The number of urea groups is 1. The molecule has 0 radical (unpaired) electrons. The maximum Gasteiger partial charge on any atom is 0.387 e. The lowest BCUT2D eigenvalue weighted by molar-refractivity contribution is -0.0502. The maximum absolute atomic E-state index is 12.3. The minimum atomic E-state index is -2.91. The zero-order chi connectivity index (χ0) is 15.4. The van der Waals surface area contributed by atoms with Crippen LogP contribution < -0.4 is 10.1 Å². The second-order valence-corrected chi connectivity index (χ2v) is 4.98. The number of carbonyl (C=O) groups is 1. The van der Waals surface area contributed by atoms with Gasteiger partial charge in [-0.1, -0.05) is 6.07 Å². The fourth-order valence-corrected chi connectivity index (χ4v) is 2.31. The van der Waals surface area contributed by atoms with Crippen molar-refractivity contribution >= 4 is 11.7 Å². The number of hydrogen-bond donors (Lipinski definition) is 2. The number of nitrogens with one attached hydrogen (secondary N) is 1. The number of halogens is 2. The second-order valence-electron chi connectivity index (χ2n) is 4.98. The average molecular weight is 300 g/mol. The summed E-state index contributed by atoms with van der Waals surface area (Å²) in [6.07, 6.45) is 0.905. The molecule has 0 saturated carbocycles. The first-order chi connectivity index (χ1) is 9.97. The van der Waals surface area contributed by atoms with E-state index in [1.54, 1.807) is 13.0 Å². The molecule has 5 nitrogen and oxygen atoms in total. The number of likely N-dealkylation sites (tertiary alicyclic amines) is 1. The number of ether oxygens (including phenoxy) is 1. The smallest absolute Gasteiger partial charge is 0.387 e. The Morgan fingerprint density at radius 2 is 2.29 bits per heavy atom. The van der Waals surface area contributed by atoms with Crippen LogP contribution in [0.2, 0.25) is 0 Å². The molecule has 1 aliphatic heterocycles. The van der Waals surface area contributed by atoms with Crippen molar-refractivity contribution in [3.05, 3.63) is 23.8 Å². The molecule has 1 saturated heterocycles. The number of nitrogens with zero attached hydrogens (tertiary/aromatic N) is 1. The molecule has 1 atom stereocenters. The lowest BCUT2D eigenvalue weighted by Crippen LogP contribution is -2.44. The van der Waals surface area contributed by atoms with Gasteiger partial charge in [0.2, 0.25) is 0 Å². The highest BCUT2D eigenvalue weighted by Crippen LogP contribution is 2.27. The van der Waals surface area contributed by atoms with Gasteiger partial charge in [-0.2, -0.15) is 8.78 Å². The largest absolute Gasteiger partial charge is 0.434 e. The SMILES string of the molecule is Cc1c(NC(=O)N2CCC[C@@H](O)C2)cccc1OC(F)F. The molecular formula is C14H18F2N2O3. The molecule has 0 unspecified atom stereocenters. The quantitative estimate of drug-likeness (QED) is 0.902. The summed E-state index contributed by atoms with van der Waals surface area (Å²) < 4.78 is 29.0. The van der Waals surface area contributed by atoms with Crippen LogP contribution in [0, 0.1) is 6.92 Å². The molecule has 1 aromatic carbocycles. The zero-order valence-corrected chi connectivity index (χ0v) is 11.7. The highest BCUT2D eigenvalue weighted by Gasteiger charge is 2.22. The number of aliphatic hydroxyl groups excluding tert-OH is 1. The van der Waals surface area contributed by atoms with E-state index in [0.717, 1.165) is 6.42 Å². The van der Waals surface area contributed by atoms with Gasteiger partial charge in [0.1, 0.15) is 5.75 Å². The Labute approximate surface area is 121 Å². The van der Waals surface area contributed by atoms with Crippen LogP contribution >= 0.6 is 0 Å². The first kappa shape index (κ1) is 15.5. The number of hydrogen-bond acceptors (Lipinski definition) is 3. The Morgan fingerprint density at radius 1 is 1.52 bits per heavy atom. The van der Waals surface area contributed by atoms with Gasteiger partial charge in [-0.05, 0) is 31.9 Å². The Balaban J connectivity index is 2.06. The third kappa shape index (κ3) is 4.04. The van der Waals surface area contributed by atoms with Crippen molar-refractivity contribution in [2.45, 2.75) is 32.5 Å². The molecule has 7 heteroatoms. The van der Waals surface area contributed by atoms with E-state index in [1.807, 2.05) is 0 Å². The third-order valence-electron chi connectivity index (χ3n) is 3.43. The number of alkyl halides is 2. The van der Waals surface area contributed by atoms with E-state index in [0.29, 0.717) is 24.2 Å². The molecule has 1 aromatic rings. The van der Waals surface area contributed by atoms with Crippen molar-refractivity contribution in [1.82, 2.24) is 4.90 Å². The van der Waals surface area contributed by atoms with Gasteiger partial charge in [0.15, 0.2) is 0 Å². The fourth-order valence-electron chi connectivity index (χ4n) is 2.31. The number of piperidine rings is 1. The molecule has 0 bridgehead atoms. The lowest BCUT2D eigenvalue weighted by Gasteiger charge is -2.30. The van der Waals surface area contributed by atoms with Gasteiger partial charge in [-0.3, -0.25) is 0 Å². The van der Waals surface area contributed by atoms with E-state index in [-0.39, 0.29) is 18.3 Å². The van der Waals surface area contributed by atoms with Gasteiger partial charge in [-0.25, -0.2) is 4.79 Å². The van der Waals surface area contributed by atoms with Gasteiger partial charge < -0.3 is 20.1 Å². The van der Waals surface area contributed by atoms with Gasteiger partial charge in [0.25, 0.3) is 0 Å². The highest BCUT2D eigenvalue weighted by molar-refractivity contribution is 5.90. The monoisotopic (exact) mass is 300 g/mol. The normalized spacial score (nSPS) is 18.7. The maximum atomic E-state index is 12.3. The van der Waals surface area contributed by atoms with Crippen LogP contribution in [-0.4, -0.2) is 41.8 Å². The summed E-state index contributed by atoms with van der Waals surface area (Å²) in [5, 5.41) is 12.2. The number of amides is 2. The van der Waals surface area contributed by atoms with Crippen LogP contribution in [0.25, 0.3) is 0 Å². The van der Waals surface area contributed by atoms with Gasteiger partial charge in [0.05, 0.1) is 6.10 Å². The average Bonchev–Trinajstić information content (AvgIpc) is 2.42.